The number of anilines is 1. The van der Waals surface area contributed by atoms with E-state index in [1.54, 1.807) is 6.33 Å². The molecule has 5 nitrogen and oxygen atoms in total. The second-order valence-electron chi connectivity index (χ2n) is 4.44. The molecule has 2 rings (SSSR count). The van der Waals surface area contributed by atoms with Crippen LogP contribution in [0.4, 0.5) is 5.82 Å². The fourth-order valence-electron chi connectivity index (χ4n) is 1.92. The highest BCUT2D eigenvalue weighted by atomic mass is 16.5. The summed E-state index contributed by atoms with van der Waals surface area (Å²) < 4.78 is 6.43. The van der Waals surface area contributed by atoms with Gasteiger partial charge in [0.05, 0.1) is 13.4 Å². The first-order valence-electron chi connectivity index (χ1n) is 5.52. The molecule has 1 fully saturated rings. The Bertz CT molecular complexity index is 396. The van der Waals surface area contributed by atoms with Crippen molar-refractivity contribution in [3.63, 3.8) is 0 Å². The van der Waals surface area contributed by atoms with Crippen LogP contribution in [0.3, 0.4) is 0 Å². The molecule has 1 heterocycles. The predicted molar refractivity (Wildman–Crippen MR) is 59.9 cm³/mol. The van der Waals surface area contributed by atoms with Crippen LogP contribution in [0.1, 0.15) is 30.3 Å². The van der Waals surface area contributed by atoms with Crippen LogP contribution in [0.2, 0.25) is 0 Å². The molecule has 0 saturated heterocycles. The van der Waals surface area contributed by atoms with Gasteiger partial charge < -0.3 is 15.0 Å². The number of esters is 1. The predicted octanol–water partition coefficient (Wildman–Crippen LogP) is 1.30. The summed E-state index contributed by atoms with van der Waals surface area (Å²) in [6, 6.07) is 0. The van der Waals surface area contributed by atoms with Crippen LogP contribution >= 0.6 is 0 Å². The number of rotatable bonds is 4. The lowest BCUT2D eigenvalue weighted by atomic mass is 10.1. The Balaban J connectivity index is 2.09. The normalized spacial score (nSPS) is 17.1. The molecule has 1 aliphatic rings. The maximum absolute atomic E-state index is 11.3. The van der Waals surface area contributed by atoms with E-state index >= 15 is 0 Å². The number of carbonyl (C=O) groups is 1. The summed E-state index contributed by atoms with van der Waals surface area (Å²) in [4.78, 5) is 15.3. The SMILES string of the molecule is COC(=O)c1ncn(CC(C)C2CC2)c1N. The molecule has 0 aromatic carbocycles. The Hall–Kier alpha value is -1.52. The largest absolute Gasteiger partial charge is 0.464 e. The van der Waals surface area contributed by atoms with Gasteiger partial charge in [-0.25, -0.2) is 9.78 Å². The summed E-state index contributed by atoms with van der Waals surface area (Å²) in [7, 11) is 1.33. The number of hydrogen-bond donors (Lipinski definition) is 1. The first-order chi connectivity index (χ1) is 7.63. The van der Waals surface area contributed by atoms with E-state index < -0.39 is 5.97 Å². The average Bonchev–Trinajstić information content (AvgIpc) is 3.06. The lowest BCUT2D eigenvalue weighted by molar-refractivity contribution is 0.0596. The number of imidazole rings is 1. The minimum absolute atomic E-state index is 0.213. The number of nitrogen functional groups attached to an aromatic ring is 1. The highest BCUT2D eigenvalue weighted by Gasteiger charge is 2.28. The summed E-state index contributed by atoms with van der Waals surface area (Å²) in [6.07, 6.45) is 4.22. The van der Waals surface area contributed by atoms with E-state index in [-0.39, 0.29) is 5.69 Å². The zero-order valence-corrected chi connectivity index (χ0v) is 9.64. The van der Waals surface area contributed by atoms with Gasteiger partial charge in [0, 0.05) is 6.54 Å². The topological polar surface area (TPSA) is 70.1 Å². The van der Waals surface area contributed by atoms with Crippen molar-refractivity contribution in [3.05, 3.63) is 12.0 Å². The smallest absolute Gasteiger partial charge is 0.360 e. The minimum atomic E-state index is -0.477. The third-order valence-corrected chi connectivity index (χ3v) is 3.17. The van der Waals surface area contributed by atoms with Gasteiger partial charge >= 0.3 is 5.97 Å². The number of hydrogen-bond acceptors (Lipinski definition) is 4. The number of nitrogens with two attached hydrogens (primary N) is 1. The fourth-order valence-corrected chi connectivity index (χ4v) is 1.92. The molecule has 16 heavy (non-hydrogen) atoms. The highest BCUT2D eigenvalue weighted by molar-refractivity contribution is 5.91. The number of aromatic nitrogens is 2. The number of ether oxygens (including phenoxy) is 1. The molecule has 1 unspecified atom stereocenters. The molecule has 1 aromatic rings. The van der Waals surface area contributed by atoms with Crippen molar-refractivity contribution in [2.24, 2.45) is 11.8 Å². The third kappa shape index (κ3) is 2.03. The summed E-state index contributed by atoms with van der Waals surface area (Å²) in [6.45, 7) is 3.02. The third-order valence-electron chi connectivity index (χ3n) is 3.17. The highest BCUT2D eigenvalue weighted by Crippen LogP contribution is 2.37. The summed E-state index contributed by atoms with van der Waals surface area (Å²) in [5.74, 6) is 1.32. The monoisotopic (exact) mass is 223 g/mol. The molecule has 1 saturated carbocycles. The van der Waals surface area contributed by atoms with E-state index in [4.69, 9.17) is 5.73 Å². The van der Waals surface area contributed by atoms with E-state index in [9.17, 15) is 4.79 Å². The van der Waals surface area contributed by atoms with Gasteiger partial charge in [-0.1, -0.05) is 6.92 Å². The molecule has 0 aliphatic heterocycles. The van der Waals surface area contributed by atoms with Gasteiger partial charge in [0.15, 0.2) is 5.69 Å². The fraction of sp³-hybridized carbons (Fsp3) is 0.636. The van der Waals surface area contributed by atoms with Gasteiger partial charge in [-0.3, -0.25) is 0 Å². The van der Waals surface area contributed by atoms with Crippen molar-refractivity contribution < 1.29 is 9.53 Å². The van der Waals surface area contributed by atoms with Gasteiger partial charge in [-0.05, 0) is 24.7 Å². The van der Waals surface area contributed by atoms with Crippen LogP contribution in [-0.4, -0.2) is 22.6 Å². The molecule has 0 amide bonds. The second kappa shape index (κ2) is 4.15. The molecule has 1 aromatic heterocycles. The molecule has 5 heteroatoms. The number of methoxy groups -OCH3 is 1. The lowest BCUT2D eigenvalue weighted by Gasteiger charge is -2.11. The molecule has 1 aliphatic carbocycles. The van der Waals surface area contributed by atoms with E-state index in [0.717, 1.165) is 12.5 Å². The Morgan fingerprint density at radius 1 is 1.75 bits per heavy atom. The number of nitrogens with zero attached hydrogens (tertiary/aromatic N) is 2. The lowest BCUT2D eigenvalue weighted by Crippen LogP contribution is -2.12. The molecule has 0 spiro atoms. The first kappa shape index (κ1) is 11.0. The van der Waals surface area contributed by atoms with Gasteiger partial charge in [-0.15, -0.1) is 0 Å². The van der Waals surface area contributed by atoms with Gasteiger partial charge in [0.1, 0.15) is 5.82 Å². The molecule has 0 radical (unpaired) electrons. The molecule has 88 valence electrons. The molecule has 2 N–H and O–H groups in total. The standard InChI is InChI=1S/C11H17N3O2/c1-7(8-3-4-8)5-14-6-13-9(10(14)12)11(15)16-2/h6-8H,3-5,12H2,1-2H3. The molecular weight excluding hydrogens is 206 g/mol. The summed E-state index contributed by atoms with van der Waals surface area (Å²) in [5.41, 5.74) is 6.06. The van der Waals surface area contributed by atoms with Crippen molar-refractivity contribution in [2.75, 3.05) is 12.8 Å². The second-order valence-corrected chi connectivity index (χ2v) is 4.44. The van der Waals surface area contributed by atoms with E-state index in [0.29, 0.717) is 11.7 Å². The zero-order chi connectivity index (χ0) is 11.7. The maximum atomic E-state index is 11.3. The molecule has 0 bridgehead atoms. The van der Waals surface area contributed by atoms with Crippen molar-refractivity contribution in [1.29, 1.82) is 0 Å². The summed E-state index contributed by atoms with van der Waals surface area (Å²) in [5, 5.41) is 0. The van der Waals surface area contributed by atoms with Gasteiger partial charge in [-0.2, -0.15) is 0 Å². The average molecular weight is 223 g/mol. The Morgan fingerprint density at radius 2 is 2.44 bits per heavy atom. The van der Waals surface area contributed by atoms with Crippen molar-refractivity contribution >= 4 is 11.8 Å². The van der Waals surface area contributed by atoms with Gasteiger partial charge in [0.2, 0.25) is 0 Å². The van der Waals surface area contributed by atoms with Crippen LogP contribution in [0.5, 0.6) is 0 Å². The quantitative estimate of drug-likeness (QED) is 0.781. The van der Waals surface area contributed by atoms with Crippen molar-refractivity contribution in [3.8, 4) is 0 Å². The van der Waals surface area contributed by atoms with E-state index in [1.165, 1.54) is 20.0 Å². The van der Waals surface area contributed by atoms with Crippen molar-refractivity contribution in [2.45, 2.75) is 26.3 Å². The van der Waals surface area contributed by atoms with Crippen LogP contribution in [0.15, 0.2) is 6.33 Å². The van der Waals surface area contributed by atoms with Gasteiger partial charge in [0.25, 0.3) is 0 Å². The Morgan fingerprint density at radius 3 is 3.00 bits per heavy atom. The molecular formula is C11H17N3O2. The minimum Gasteiger partial charge on any atom is -0.464 e. The van der Waals surface area contributed by atoms with Crippen LogP contribution < -0.4 is 5.73 Å². The Kier molecular flexibility index (Phi) is 2.85. The van der Waals surface area contributed by atoms with Crippen LogP contribution in [0.25, 0.3) is 0 Å². The molecule has 1 atom stereocenters. The summed E-state index contributed by atoms with van der Waals surface area (Å²) >= 11 is 0. The van der Waals surface area contributed by atoms with Crippen LogP contribution in [0, 0.1) is 11.8 Å². The zero-order valence-electron chi connectivity index (χ0n) is 9.64. The van der Waals surface area contributed by atoms with Crippen molar-refractivity contribution in [1.82, 2.24) is 9.55 Å². The van der Waals surface area contributed by atoms with E-state index in [2.05, 4.69) is 16.6 Å². The Labute approximate surface area is 94.6 Å². The maximum Gasteiger partial charge on any atom is 0.360 e. The first-order valence-corrected chi connectivity index (χ1v) is 5.52. The number of carbonyl (C=O) groups excluding carboxylic acids is 1. The van der Waals surface area contributed by atoms with E-state index in [1.807, 2.05) is 4.57 Å². The van der Waals surface area contributed by atoms with Crippen LogP contribution in [-0.2, 0) is 11.3 Å².